The van der Waals surface area contributed by atoms with Gasteiger partial charge in [-0.25, -0.2) is 0 Å². The fourth-order valence-electron chi connectivity index (χ4n) is 2.92. The topological polar surface area (TPSA) is 50.4 Å². The van der Waals surface area contributed by atoms with Crippen LogP contribution in [0.5, 0.6) is 5.75 Å². The summed E-state index contributed by atoms with van der Waals surface area (Å²) in [5.74, 6) is 0.943. The van der Waals surface area contributed by atoms with E-state index in [4.69, 9.17) is 4.74 Å². The molecule has 0 unspecified atom stereocenters. The van der Waals surface area contributed by atoms with Gasteiger partial charge in [0, 0.05) is 6.42 Å². The summed E-state index contributed by atoms with van der Waals surface area (Å²) < 4.78 is 5.23. The lowest BCUT2D eigenvalue weighted by molar-refractivity contribution is -0.121. The Morgan fingerprint density at radius 3 is 2.77 bits per heavy atom. The van der Waals surface area contributed by atoms with E-state index in [9.17, 15) is 4.79 Å². The molecule has 0 radical (unpaired) electrons. The highest BCUT2D eigenvalue weighted by Crippen LogP contribution is 2.26. The second kappa shape index (κ2) is 8.81. The zero-order valence-corrected chi connectivity index (χ0v) is 15.9. The van der Waals surface area contributed by atoms with Crippen LogP contribution in [-0.4, -0.2) is 18.5 Å². The highest BCUT2D eigenvalue weighted by Gasteiger charge is 2.19. The van der Waals surface area contributed by atoms with E-state index in [0.717, 1.165) is 29.9 Å². The summed E-state index contributed by atoms with van der Waals surface area (Å²) in [5.41, 5.74) is 4.55. The molecule has 1 atom stereocenters. The van der Waals surface area contributed by atoms with E-state index in [0.29, 0.717) is 6.42 Å². The van der Waals surface area contributed by atoms with Crippen LogP contribution in [0.25, 0.3) is 5.70 Å². The summed E-state index contributed by atoms with van der Waals surface area (Å²) >= 11 is 1.59. The number of ether oxygens (including phenoxy) is 1. The van der Waals surface area contributed by atoms with E-state index in [2.05, 4.69) is 41.2 Å². The molecule has 0 saturated carbocycles. The van der Waals surface area contributed by atoms with E-state index in [1.165, 1.54) is 11.1 Å². The molecule has 136 valence electrons. The van der Waals surface area contributed by atoms with Crippen molar-refractivity contribution in [3.05, 3.63) is 70.6 Å². The lowest BCUT2D eigenvalue weighted by Crippen LogP contribution is -2.39. The van der Waals surface area contributed by atoms with Crippen molar-refractivity contribution in [2.24, 2.45) is 0 Å². The van der Waals surface area contributed by atoms with Gasteiger partial charge in [-0.05, 0) is 54.0 Å². The predicted molar refractivity (Wildman–Crippen MR) is 108 cm³/mol. The average Bonchev–Trinajstić information content (AvgIpc) is 3.12. The molecule has 2 aromatic rings. The zero-order chi connectivity index (χ0) is 18.4. The predicted octanol–water partition coefficient (Wildman–Crippen LogP) is 4.06. The maximum Gasteiger partial charge on any atom is 0.222 e. The molecule has 0 aromatic heterocycles. The zero-order valence-electron chi connectivity index (χ0n) is 15.1. The molecule has 1 heterocycles. The smallest absolute Gasteiger partial charge is 0.222 e. The molecule has 3 rings (SSSR count). The summed E-state index contributed by atoms with van der Waals surface area (Å²) in [5, 5.41) is 8.44. The second-order valence-electron chi connectivity index (χ2n) is 6.27. The number of methoxy groups -OCH3 is 1. The Balaban J connectivity index is 1.41. The van der Waals surface area contributed by atoms with Crippen molar-refractivity contribution >= 4 is 23.4 Å². The quantitative estimate of drug-likeness (QED) is 0.774. The monoisotopic (exact) mass is 368 g/mol. The lowest BCUT2D eigenvalue weighted by atomic mass is 10.0. The van der Waals surface area contributed by atoms with Gasteiger partial charge in [-0.15, -0.1) is 0 Å². The van der Waals surface area contributed by atoms with E-state index in [-0.39, 0.29) is 11.4 Å². The number of carbonyl (C=O) groups excluding carboxylic acids is 1. The maximum absolute atomic E-state index is 12.2. The van der Waals surface area contributed by atoms with Gasteiger partial charge < -0.3 is 15.4 Å². The van der Waals surface area contributed by atoms with Crippen LogP contribution in [0.15, 0.2) is 53.9 Å². The highest BCUT2D eigenvalue weighted by molar-refractivity contribution is 8.03. The lowest BCUT2D eigenvalue weighted by Gasteiger charge is -2.15. The fraction of sp³-hybridized carbons (Fsp3) is 0.286. The summed E-state index contributed by atoms with van der Waals surface area (Å²) in [4.78, 5) is 12.2. The first-order valence-electron chi connectivity index (χ1n) is 8.76. The minimum atomic E-state index is -0.0968. The molecule has 0 saturated heterocycles. The number of amides is 1. The Hall–Kier alpha value is -2.40. The molecule has 2 aromatic carbocycles. The molecule has 0 aliphatic carbocycles. The van der Waals surface area contributed by atoms with Crippen LogP contribution < -0.4 is 15.4 Å². The number of nitrogens with one attached hydrogen (secondary N) is 2. The number of hydrogen-bond donors (Lipinski definition) is 2. The minimum Gasteiger partial charge on any atom is -0.497 e. The van der Waals surface area contributed by atoms with Gasteiger partial charge in [0.15, 0.2) is 5.50 Å². The van der Waals surface area contributed by atoms with Gasteiger partial charge in [-0.1, -0.05) is 48.2 Å². The summed E-state index contributed by atoms with van der Waals surface area (Å²) in [6, 6.07) is 16.2. The molecule has 0 bridgehead atoms. The number of rotatable bonds is 7. The molecular weight excluding hydrogens is 344 g/mol. The van der Waals surface area contributed by atoms with Crippen molar-refractivity contribution < 1.29 is 9.53 Å². The number of hydrogen-bond acceptors (Lipinski definition) is 4. The summed E-state index contributed by atoms with van der Waals surface area (Å²) in [6.45, 7) is 2.08. The van der Waals surface area contributed by atoms with Gasteiger partial charge >= 0.3 is 0 Å². The third-order valence-corrected chi connectivity index (χ3v) is 5.26. The molecular formula is C21H24N2O2S. The molecule has 1 amide bonds. The SMILES string of the molecule is COc1ccc(CCCC(=O)N[C@@H]2NC(c3ccccc3)=CS2)c(C)c1. The normalized spacial score (nSPS) is 15.9. The second-order valence-corrected chi connectivity index (χ2v) is 7.25. The van der Waals surface area contributed by atoms with Crippen LogP contribution in [0.1, 0.15) is 29.5 Å². The first kappa shape index (κ1) is 18.4. The van der Waals surface area contributed by atoms with Crippen LogP contribution in [0.3, 0.4) is 0 Å². The molecule has 26 heavy (non-hydrogen) atoms. The molecule has 4 nitrogen and oxygen atoms in total. The van der Waals surface area contributed by atoms with Gasteiger partial charge in [0.1, 0.15) is 5.75 Å². The van der Waals surface area contributed by atoms with E-state index < -0.39 is 0 Å². The van der Waals surface area contributed by atoms with Crippen molar-refractivity contribution in [2.45, 2.75) is 31.7 Å². The minimum absolute atomic E-state index is 0.0730. The first-order valence-corrected chi connectivity index (χ1v) is 9.70. The van der Waals surface area contributed by atoms with Gasteiger partial charge in [0.2, 0.25) is 5.91 Å². The van der Waals surface area contributed by atoms with E-state index >= 15 is 0 Å². The number of thioether (sulfide) groups is 1. The van der Waals surface area contributed by atoms with Crippen LogP contribution in [0.4, 0.5) is 0 Å². The van der Waals surface area contributed by atoms with Crippen LogP contribution >= 0.6 is 11.8 Å². The number of benzene rings is 2. The Labute approximate surface area is 159 Å². The van der Waals surface area contributed by atoms with Crippen molar-refractivity contribution in [2.75, 3.05) is 7.11 Å². The molecule has 1 aliphatic heterocycles. The third kappa shape index (κ3) is 4.82. The molecule has 0 spiro atoms. The molecule has 5 heteroatoms. The Bertz CT molecular complexity index is 790. The van der Waals surface area contributed by atoms with Crippen LogP contribution in [0, 0.1) is 6.92 Å². The number of carbonyl (C=O) groups is 1. The van der Waals surface area contributed by atoms with Crippen molar-refractivity contribution in [3.8, 4) is 5.75 Å². The number of aryl methyl sites for hydroxylation is 2. The Kier molecular flexibility index (Phi) is 6.23. The van der Waals surface area contributed by atoms with Gasteiger partial charge in [-0.2, -0.15) is 0 Å². The molecule has 0 fully saturated rings. The Morgan fingerprint density at radius 1 is 1.23 bits per heavy atom. The van der Waals surface area contributed by atoms with Gasteiger partial charge in [0.25, 0.3) is 0 Å². The first-order chi connectivity index (χ1) is 12.7. The summed E-state index contributed by atoms with van der Waals surface area (Å²) in [7, 11) is 1.67. The molecule has 2 N–H and O–H groups in total. The fourth-order valence-corrected chi connectivity index (χ4v) is 3.79. The maximum atomic E-state index is 12.2. The van der Waals surface area contributed by atoms with E-state index in [1.807, 2.05) is 30.3 Å². The van der Waals surface area contributed by atoms with Crippen molar-refractivity contribution in [3.63, 3.8) is 0 Å². The average molecular weight is 369 g/mol. The van der Waals surface area contributed by atoms with Crippen LogP contribution in [0.2, 0.25) is 0 Å². The van der Waals surface area contributed by atoms with Crippen molar-refractivity contribution in [1.29, 1.82) is 0 Å². The van der Waals surface area contributed by atoms with Crippen LogP contribution in [-0.2, 0) is 11.2 Å². The van der Waals surface area contributed by atoms with Gasteiger partial charge in [-0.3, -0.25) is 4.79 Å². The third-order valence-electron chi connectivity index (χ3n) is 4.39. The standard InChI is InChI=1S/C21H24N2O2S/c1-15-13-18(25-2)12-11-16(15)9-6-10-20(24)23-21-22-19(14-26-21)17-7-4-3-5-8-17/h3-5,7-8,11-14,21-22H,6,9-10H2,1-2H3,(H,23,24)/t21-/m0/s1. The summed E-state index contributed by atoms with van der Waals surface area (Å²) in [6.07, 6.45) is 2.24. The highest BCUT2D eigenvalue weighted by atomic mass is 32.2. The van der Waals surface area contributed by atoms with E-state index in [1.54, 1.807) is 18.9 Å². The van der Waals surface area contributed by atoms with Gasteiger partial charge in [0.05, 0.1) is 12.8 Å². The largest absolute Gasteiger partial charge is 0.497 e. The molecule has 1 aliphatic rings. The van der Waals surface area contributed by atoms with Crippen molar-refractivity contribution in [1.82, 2.24) is 10.6 Å². The Morgan fingerprint density at radius 2 is 2.04 bits per heavy atom.